The number of carbonyl (C=O) groups is 1. The van der Waals surface area contributed by atoms with Crippen molar-refractivity contribution in [1.82, 2.24) is 0 Å². The molecule has 0 unspecified atom stereocenters. The van der Waals surface area contributed by atoms with Crippen molar-refractivity contribution >= 4 is 16.2 Å². The maximum Gasteiger partial charge on any atom is 0.262 e. The molecule has 0 saturated heterocycles. The topological polar surface area (TPSA) is 92.7 Å². The van der Waals surface area contributed by atoms with Gasteiger partial charge in [-0.3, -0.25) is 4.79 Å². The van der Waals surface area contributed by atoms with E-state index in [1.165, 1.54) is 7.11 Å². The van der Waals surface area contributed by atoms with Crippen molar-refractivity contribution in [2.75, 3.05) is 7.11 Å². The zero-order valence-corrected chi connectivity index (χ0v) is 15.8. The third-order valence-corrected chi connectivity index (χ3v) is 7.29. The number of ether oxygens (including phenoxy) is 1. The third-order valence-electron chi connectivity index (χ3n) is 6.91. The summed E-state index contributed by atoms with van der Waals surface area (Å²) in [4.78, 5) is 12.4. The SMILES string of the molecule is COc1cc2c(cc1OS(=O)(=O)[O-])CC[C@@H]1[C@@H]2CC[C@]2(C)C(=O)CC[C@@H]12. The van der Waals surface area contributed by atoms with E-state index in [4.69, 9.17) is 4.74 Å². The number of Topliss-reactive ketones (excluding diaryl/α,β-unsaturated/α-hetero) is 1. The van der Waals surface area contributed by atoms with Crippen molar-refractivity contribution in [3.8, 4) is 11.5 Å². The van der Waals surface area contributed by atoms with Crippen molar-refractivity contribution < 1.29 is 26.7 Å². The van der Waals surface area contributed by atoms with Crippen molar-refractivity contribution in [2.45, 2.75) is 51.4 Å². The van der Waals surface area contributed by atoms with Gasteiger partial charge in [0.25, 0.3) is 10.4 Å². The van der Waals surface area contributed by atoms with Crippen LogP contribution in [-0.2, 0) is 21.6 Å². The predicted molar refractivity (Wildman–Crippen MR) is 92.9 cm³/mol. The van der Waals surface area contributed by atoms with Crippen molar-refractivity contribution in [1.29, 1.82) is 0 Å². The van der Waals surface area contributed by atoms with Crippen molar-refractivity contribution in [2.24, 2.45) is 17.3 Å². The molecule has 6 nitrogen and oxygen atoms in total. The molecule has 0 aromatic heterocycles. The van der Waals surface area contributed by atoms with E-state index in [0.717, 1.165) is 43.2 Å². The predicted octanol–water partition coefficient (Wildman–Crippen LogP) is 2.96. The summed E-state index contributed by atoms with van der Waals surface area (Å²) >= 11 is 0. The highest BCUT2D eigenvalue weighted by molar-refractivity contribution is 7.81. The first kappa shape index (κ1) is 17.8. The van der Waals surface area contributed by atoms with Gasteiger partial charge < -0.3 is 13.5 Å². The molecular weight excluding hydrogens is 356 g/mol. The minimum absolute atomic E-state index is 0.0450. The summed E-state index contributed by atoms with van der Waals surface area (Å²) in [5.74, 6) is 1.86. The molecule has 3 aliphatic rings. The van der Waals surface area contributed by atoms with Crippen LogP contribution < -0.4 is 8.92 Å². The Morgan fingerprint density at radius 2 is 1.92 bits per heavy atom. The normalized spacial score (nSPS) is 33.2. The molecule has 142 valence electrons. The summed E-state index contributed by atoms with van der Waals surface area (Å²) < 4.78 is 42.8. The first-order chi connectivity index (χ1) is 12.2. The zero-order chi connectivity index (χ0) is 18.7. The molecule has 3 aliphatic carbocycles. The average molecular weight is 379 g/mol. The highest BCUT2D eigenvalue weighted by atomic mass is 32.3. The Morgan fingerprint density at radius 1 is 1.15 bits per heavy atom. The van der Waals surface area contributed by atoms with Gasteiger partial charge in [-0.15, -0.1) is 0 Å². The van der Waals surface area contributed by atoms with Crippen molar-refractivity contribution in [3.05, 3.63) is 23.3 Å². The molecular formula is C19H23O6S-. The van der Waals surface area contributed by atoms with Crippen molar-refractivity contribution in [3.63, 3.8) is 0 Å². The van der Waals surface area contributed by atoms with Crippen LogP contribution in [0.5, 0.6) is 11.5 Å². The van der Waals surface area contributed by atoms with Gasteiger partial charge in [0, 0.05) is 11.8 Å². The molecule has 0 heterocycles. The molecule has 1 aromatic carbocycles. The fourth-order valence-corrected chi connectivity index (χ4v) is 6.03. The molecule has 1 aromatic rings. The molecule has 2 fully saturated rings. The molecule has 26 heavy (non-hydrogen) atoms. The summed E-state index contributed by atoms with van der Waals surface area (Å²) in [6.45, 7) is 2.13. The van der Waals surface area contributed by atoms with Gasteiger partial charge in [-0.25, -0.2) is 8.42 Å². The van der Waals surface area contributed by atoms with Crippen LogP contribution in [0, 0.1) is 17.3 Å². The van der Waals surface area contributed by atoms with Crippen LogP contribution in [0.4, 0.5) is 0 Å². The second kappa shape index (κ2) is 5.96. The second-order valence-corrected chi connectivity index (χ2v) is 9.01. The van der Waals surface area contributed by atoms with Crippen LogP contribution >= 0.6 is 0 Å². The van der Waals surface area contributed by atoms with E-state index < -0.39 is 10.4 Å². The molecule has 0 bridgehead atoms. The van der Waals surface area contributed by atoms with Gasteiger partial charge in [0.05, 0.1) is 7.11 Å². The minimum atomic E-state index is -4.85. The van der Waals surface area contributed by atoms with E-state index in [9.17, 15) is 17.8 Å². The first-order valence-electron chi connectivity index (χ1n) is 9.12. The lowest BCUT2D eigenvalue weighted by Crippen LogP contribution is -2.42. The summed E-state index contributed by atoms with van der Waals surface area (Å²) in [6, 6.07) is 3.46. The number of fused-ring (bicyclic) bond motifs is 5. The highest BCUT2D eigenvalue weighted by Crippen LogP contribution is 2.60. The fraction of sp³-hybridized carbons (Fsp3) is 0.632. The number of aryl methyl sites for hydroxylation is 1. The maximum absolute atomic E-state index is 12.4. The number of methoxy groups -OCH3 is 1. The smallest absolute Gasteiger partial charge is 0.262 e. The number of hydrogen-bond donors (Lipinski definition) is 0. The Morgan fingerprint density at radius 3 is 2.62 bits per heavy atom. The summed E-state index contributed by atoms with van der Waals surface area (Å²) in [5, 5.41) is 0. The molecule has 0 N–H and O–H groups in total. The van der Waals surface area contributed by atoms with E-state index >= 15 is 0 Å². The Labute approximate surface area is 153 Å². The Balaban J connectivity index is 1.72. The molecule has 0 spiro atoms. The van der Waals surface area contributed by atoms with Crippen LogP contribution in [0.1, 0.15) is 56.1 Å². The van der Waals surface area contributed by atoms with Gasteiger partial charge in [-0.2, -0.15) is 0 Å². The lowest BCUT2D eigenvalue weighted by molar-refractivity contribution is -0.129. The first-order valence-corrected chi connectivity index (χ1v) is 10.5. The van der Waals surface area contributed by atoms with Gasteiger partial charge >= 0.3 is 0 Å². The van der Waals surface area contributed by atoms with Crippen LogP contribution in [-0.4, -0.2) is 25.9 Å². The molecule has 0 radical (unpaired) electrons. The van der Waals surface area contributed by atoms with Gasteiger partial charge in [0.1, 0.15) is 5.78 Å². The summed E-state index contributed by atoms with van der Waals surface area (Å²) in [6.07, 6.45) is 5.26. The van der Waals surface area contributed by atoms with E-state index in [1.54, 1.807) is 6.07 Å². The van der Waals surface area contributed by atoms with Gasteiger partial charge in [0.15, 0.2) is 11.5 Å². The average Bonchev–Trinajstić information content (AvgIpc) is 2.88. The van der Waals surface area contributed by atoms with Gasteiger partial charge in [-0.1, -0.05) is 6.92 Å². The van der Waals surface area contributed by atoms with E-state index in [-0.39, 0.29) is 16.9 Å². The molecule has 0 aliphatic heterocycles. The number of carbonyl (C=O) groups excluding carboxylic acids is 1. The highest BCUT2D eigenvalue weighted by Gasteiger charge is 2.54. The van der Waals surface area contributed by atoms with Crippen LogP contribution in [0.25, 0.3) is 0 Å². The largest absolute Gasteiger partial charge is 0.716 e. The monoisotopic (exact) mass is 379 g/mol. The molecule has 2 saturated carbocycles. The Hall–Kier alpha value is -1.60. The third kappa shape index (κ3) is 2.72. The standard InChI is InChI=1S/C19H24O6S/c1-19-8-7-12-13(15(19)5-6-18(19)20)4-3-11-9-17(25-26(21,22)23)16(24-2)10-14(11)12/h9-10,12-13,15H,3-8H2,1-2H3,(H,21,22,23)/p-1/t12-,13+,15-,19-/m0/s1. The Kier molecular flexibility index (Phi) is 4.08. The number of rotatable bonds is 3. The van der Waals surface area contributed by atoms with Crippen LogP contribution in [0.3, 0.4) is 0 Å². The Bertz CT molecular complexity index is 861. The zero-order valence-electron chi connectivity index (χ0n) is 15.0. The molecule has 4 rings (SSSR count). The van der Waals surface area contributed by atoms with Crippen LogP contribution in [0.15, 0.2) is 12.1 Å². The van der Waals surface area contributed by atoms with E-state index in [0.29, 0.717) is 30.0 Å². The minimum Gasteiger partial charge on any atom is -0.716 e. The second-order valence-electron chi connectivity index (χ2n) is 8.03. The van der Waals surface area contributed by atoms with E-state index in [1.807, 2.05) is 6.07 Å². The van der Waals surface area contributed by atoms with Gasteiger partial charge in [-0.05, 0) is 73.1 Å². The quantitative estimate of drug-likeness (QED) is 0.592. The molecule has 0 amide bonds. The fourth-order valence-electron chi connectivity index (χ4n) is 5.68. The number of hydrogen-bond acceptors (Lipinski definition) is 6. The summed E-state index contributed by atoms with van der Waals surface area (Å²) in [7, 11) is -3.42. The number of ketones is 1. The molecule has 7 heteroatoms. The maximum atomic E-state index is 12.4. The lowest BCUT2D eigenvalue weighted by Gasteiger charge is -2.48. The lowest BCUT2D eigenvalue weighted by atomic mass is 9.55. The van der Waals surface area contributed by atoms with Crippen LogP contribution in [0.2, 0.25) is 0 Å². The van der Waals surface area contributed by atoms with Gasteiger partial charge in [0.2, 0.25) is 0 Å². The van der Waals surface area contributed by atoms with E-state index in [2.05, 4.69) is 11.1 Å². The summed E-state index contributed by atoms with van der Waals surface area (Å²) in [5.41, 5.74) is 1.98. The molecule has 4 atom stereocenters. The number of benzene rings is 1.